The first-order valence-electron chi connectivity index (χ1n) is 14.9. The Kier molecular flexibility index (Phi) is 9.46. The SMILES string of the molecule is COc1cc(C(C(=O)N2C[C@H](O)C[C@H]2c2ncc(C(=O)N(C)CC3CCN(Cc4ccccc4F)CC3)[nH]2)C(C)C)on1. The highest BCUT2D eigenvalue weighted by molar-refractivity contribution is 5.92. The molecule has 0 radical (unpaired) electrons. The topological polar surface area (TPSA) is 128 Å². The van der Waals surface area contributed by atoms with E-state index in [-0.39, 0.29) is 36.0 Å². The molecule has 2 saturated heterocycles. The highest BCUT2D eigenvalue weighted by Crippen LogP contribution is 2.37. The van der Waals surface area contributed by atoms with Crippen LogP contribution < -0.4 is 4.74 Å². The van der Waals surface area contributed by atoms with Crippen molar-refractivity contribution in [3.63, 3.8) is 0 Å². The number of nitrogens with zero attached hydrogens (tertiary/aromatic N) is 5. The zero-order valence-corrected chi connectivity index (χ0v) is 25.2. The molecular formula is C31H41FN6O5. The molecule has 2 N–H and O–H groups in total. The first-order chi connectivity index (χ1) is 20.6. The van der Waals surface area contributed by atoms with Gasteiger partial charge in [-0.1, -0.05) is 32.0 Å². The molecule has 4 heterocycles. The van der Waals surface area contributed by atoms with Gasteiger partial charge in [0.05, 0.1) is 25.5 Å². The summed E-state index contributed by atoms with van der Waals surface area (Å²) in [7, 11) is 3.26. The van der Waals surface area contributed by atoms with Crippen LogP contribution in [0.2, 0.25) is 0 Å². The number of β-amino-alcohol motifs (C(OH)–C–C–N with tert-alkyl or cyclic N) is 1. The Balaban J connectivity index is 1.19. The second-order valence-corrected chi connectivity index (χ2v) is 12.1. The molecule has 1 aromatic carbocycles. The number of aromatic nitrogens is 3. The molecule has 2 aliphatic rings. The van der Waals surface area contributed by atoms with Gasteiger partial charge in [0.15, 0.2) is 5.76 Å². The number of benzene rings is 1. The molecule has 2 amide bonds. The summed E-state index contributed by atoms with van der Waals surface area (Å²) in [5.74, 6) is 0.195. The lowest BCUT2D eigenvalue weighted by molar-refractivity contribution is -0.135. The van der Waals surface area contributed by atoms with Crippen molar-refractivity contribution in [3.8, 4) is 5.88 Å². The van der Waals surface area contributed by atoms with Crippen molar-refractivity contribution in [1.29, 1.82) is 0 Å². The molecule has 3 atom stereocenters. The van der Waals surface area contributed by atoms with Crippen molar-refractivity contribution in [2.75, 3.05) is 40.3 Å². The van der Waals surface area contributed by atoms with Gasteiger partial charge in [0.2, 0.25) is 5.91 Å². The fraction of sp³-hybridized carbons (Fsp3) is 0.548. The quantitative estimate of drug-likeness (QED) is 0.364. The van der Waals surface area contributed by atoms with Gasteiger partial charge in [0.1, 0.15) is 23.3 Å². The number of hydrogen-bond donors (Lipinski definition) is 2. The molecule has 0 bridgehead atoms. The molecule has 2 fully saturated rings. The third-order valence-electron chi connectivity index (χ3n) is 8.60. The maximum absolute atomic E-state index is 14.1. The average molecular weight is 597 g/mol. The van der Waals surface area contributed by atoms with Gasteiger partial charge in [0.25, 0.3) is 11.8 Å². The van der Waals surface area contributed by atoms with Crippen molar-refractivity contribution >= 4 is 11.8 Å². The van der Waals surface area contributed by atoms with Crippen molar-refractivity contribution < 1.29 is 28.3 Å². The predicted molar refractivity (Wildman–Crippen MR) is 156 cm³/mol. The largest absolute Gasteiger partial charge is 0.479 e. The van der Waals surface area contributed by atoms with Crippen molar-refractivity contribution in [2.24, 2.45) is 11.8 Å². The number of ether oxygens (including phenoxy) is 1. The number of imidazole rings is 1. The smallest absolute Gasteiger partial charge is 0.271 e. The van der Waals surface area contributed by atoms with Crippen LogP contribution >= 0.6 is 0 Å². The average Bonchev–Trinajstić information content (AvgIpc) is 3.75. The Hall–Kier alpha value is -3.77. The monoisotopic (exact) mass is 596 g/mol. The van der Waals surface area contributed by atoms with Gasteiger partial charge in [0, 0.05) is 44.7 Å². The molecule has 232 valence electrons. The van der Waals surface area contributed by atoms with Gasteiger partial charge in [-0.15, -0.1) is 0 Å². The number of aromatic amines is 1. The number of rotatable bonds is 10. The van der Waals surface area contributed by atoms with Crippen LogP contribution in [0.4, 0.5) is 4.39 Å². The van der Waals surface area contributed by atoms with Crippen molar-refractivity contribution in [2.45, 2.75) is 57.7 Å². The van der Waals surface area contributed by atoms with Gasteiger partial charge in [-0.3, -0.25) is 14.5 Å². The zero-order chi connectivity index (χ0) is 30.7. The molecule has 43 heavy (non-hydrogen) atoms. The summed E-state index contributed by atoms with van der Waals surface area (Å²) in [6.07, 6.45) is 2.93. The number of halogens is 1. The molecule has 12 heteroatoms. The molecule has 0 aliphatic carbocycles. The van der Waals surface area contributed by atoms with E-state index in [0.717, 1.165) is 25.9 Å². The second-order valence-electron chi connectivity index (χ2n) is 12.1. The number of carbonyl (C=O) groups excluding carboxylic acids is 2. The van der Waals surface area contributed by atoms with E-state index in [0.29, 0.717) is 48.3 Å². The summed E-state index contributed by atoms with van der Waals surface area (Å²) in [5, 5.41) is 14.4. The maximum Gasteiger partial charge on any atom is 0.271 e. The van der Waals surface area contributed by atoms with E-state index in [4.69, 9.17) is 9.26 Å². The number of aliphatic hydroxyl groups excluding tert-OH is 1. The van der Waals surface area contributed by atoms with Crippen LogP contribution in [0.5, 0.6) is 5.88 Å². The Morgan fingerprint density at radius 2 is 2.00 bits per heavy atom. The van der Waals surface area contributed by atoms with Crippen LogP contribution in [-0.4, -0.2) is 93.2 Å². The Labute approximate surface area is 251 Å². The molecule has 1 unspecified atom stereocenters. The number of carbonyl (C=O) groups is 2. The first-order valence-corrected chi connectivity index (χ1v) is 14.9. The van der Waals surface area contributed by atoms with Gasteiger partial charge in [-0.2, -0.15) is 0 Å². The second kappa shape index (κ2) is 13.3. The summed E-state index contributed by atoms with van der Waals surface area (Å²) in [6.45, 7) is 6.88. The normalized spacial score (nSPS) is 20.5. The van der Waals surface area contributed by atoms with E-state index in [2.05, 4.69) is 20.0 Å². The van der Waals surface area contributed by atoms with Gasteiger partial charge in [-0.25, -0.2) is 9.37 Å². The summed E-state index contributed by atoms with van der Waals surface area (Å²) in [4.78, 5) is 40.3. The molecular weight excluding hydrogens is 555 g/mol. The number of H-pyrrole nitrogens is 1. The maximum atomic E-state index is 14.1. The fourth-order valence-corrected chi connectivity index (χ4v) is 6.23. The van der Waals surface area contributed by atoms with E-state index < -0.39 is 18.1 Å². The molecule has 11 nitrogen and oxygen atoms in total. The first kappa shape index (κ1) is 30.7. The van der Waals surface area contributed by atoms with Crippen LogP contribution in [-0.2, 0) is 11.3 Å². The van der Waals surface area contributed by atoms with Crippen LogP contribution in [0, 0.1) is 17.7 Å². The number of amides is 2. The zero-order valence-electron chi connectivity index (χ0n) is 25.2. The number of hydrogen-bond acceptors (Lipinski definition) is 8. The third-order valence-corrected chi connectivity index (χ3v) is 8.60. The molecule has 2 aromatic heterocycles. The molecule has 0 spiro atoms. The van der Waals surface area contributed by atoms with Crippen LogP contribution in [0.1, 0.15) is 72.7 Å². The molecule has 5 rings (SSSR count). The third kappa shape index (κ3) is 6.91. The van der Waals surface area contributed by atoms with E-state index in [1.54, 1.807) is 29.0 Å². The van der Waals surface area contributed by atoms with Crippen LogP contribution in [0.25, 0.3) is 0 Å². The standard InChI is InChI=1S/C31H41FN6O5/c1-19(2)28(26-14-27(42-4)35-43-26)31(41)38-18-22(39)13-25(38)29-33-15-24(34-29)30(40)36(3)16-20-9-11-37(12-10-20)17-21-7-5-6-8-23(21)32/h5-8,14-15,19-20,22,25,28,39H,9-13,16-18H2,1-4H3,(H,33,34)/t22-,25+,28?/m1/s1. The Morgan fingerprint density at radius 3 is 2.67 bits per heavy atom. The number of methoxy groups -OCH3 is 1. The van der Waals surface area contributed by atoms with Gasteiger partial charge >= 0.3 is 0 Å². The van der Waals surface area contributed by atoms with Crippen molar-refractivity contribution in [3.05, 3.63) is 65.2 Å². The highest BCUT2D eigenvalue weighted by Gasteiger charge is 2.42. The molecule has 3 aromatic rings. The van der Waals surface area contributed by atoms with E-state index >= 15 is 0 Å². The highest BCUT2D eigenvalue weighted by atomic mass is 19.1. The Bertz CT molecular complexity index is 1400. The minimum absolute atomic E-state index is 0.0997. The Morgan fingerprint density at radius 1 is 1.26 bits per heavy atom. The van der Waals surface area contributed by atoms with E-state index in [9.17, 15) is 19.1 Å². The minimum atomic E-state index is -0.720. The lowest BCUT2D eigenvalue weighted by atomic mass is 9.91. The summed E-state index contributed by atoms with van der Waals surface area (Å²) in [5.41, 5.74) is 1.04. The number of likely N-dealkylation sites (tertiary alicyclic amines) is 2. The molecule has 2 aliphatic heterocycles. The summed E-state index contributed by atoms with van der Waals surface area (Å²) in [6, 6.07) is 7.97. The number of nitrogens with one attached hydrogen (secondary N) is 1. The van der Waals surface area contributed by atoms with E-state index in [1.807, 2.05) is 26.0 Å². The fourth-order valence-electron chi connectivity index (χ4n) is 6.23. The van der Waals surface area contributed by atoms with Crippen LogP contribution in [0.3, 0.4) is 0 Å². The summed E-state index contributed by atoms with van der Waals surface area (Å²) >= 11 is 0. The minimum Gasteiger partial charge on any atom is -0.479 e. The van der Waals surface area contributed by atoms with Gasteiger partial charge in [-0.05, 0) is 49.0 Å². The number of piperidine rings is 1. The summed E-state index contributed by atoms with van der Waals surface area (Å²) < 4.78 is 24.6. The predicted octanol–water partition coefficient (Wildman–Crippen LogP) is 3.60. The molecule has 0 saturated carbocycles. The van der Waals surface area contributed by atoms with Crippen LogP contribution in [0.15, 0.2) is 41.1 Å². The number of aliphatic hydroxyl groups is 1. The van der Waals surface area contributed by atoms with Crippen molar-refractivity contribution in [1.82, 2.24) is 29.8 Å². The van der Waals surface area contributed by atoms with Gasteiger partial charge < -0.3 is 29.2 Å². The van der Waals surface area contributed by atoms with E-state index in [1.165, 1.54) is 19.4 Å². The lowest BCUT2D eigenvalue weighted by Gasteiger charge is -2.33. The lowest BCUT2D eigenvalue weighted by Crippen LogP contribution is -2.39.